The molecule has 2 aliphatic rings. The number of piperidine rings is 1. The Hall–Kier alpha value is -2.23. The third kappa shape index (κ3) is 4.55. The SMILES string of the molecule is CC1=NC(=O)N(C)C(=O)C1Cc1nnc(SCC(=O)N2CCC(C)CC2)o1. The van der Waals surface area contributed by atoms with Crippen molar-refractivity contribution in [2.75, 3.05) is 25.9 Å². The number of amides is 4. The van der Waals surface area contributed by atoms with Gasteiger partial charge in [0.15, 0.2) is 0 Å². The zero-order valence-electron chi connectivity index (χ0n) is 15.7. The molecule has 1 saturated heterocycles. The molecule has 4 amide bonds. The van der Waals surface area contributed by atoms with Crippen molar-refractivity contribution in [3.8, 4) is 0 Å². The maximum Gasteiger partial charge on any atom is 0.349 e. The Balaban J connectivity index is 1.54. The average molecular weight is 393 g/mol. The van der Waals surface area contributed by atoms with Crippen LogP contribution in [0.3, 0.4) is 0 Å². The summed E-state index contributed by atoms with van der Waals surface area (Å²) >= 11 is 1.20. The van der Waals surface area contributed by atoms with Crippen LogP contribution < -0.4 is 0 Å². The molecular weight excluding hydrogens is 370 g/mol. The third-order valence-electron chi connectivity index (χ3n) is 4.97. The highest BCUT2D eigenvalue weighted by molar-refractivity contribution is 7.99. The van der Waals surface area contributed by atoms with Crippen molar-refractivity contribution in [3.05, 3.63) is 5.89 Å². The van der Waals surface area contributed by atoms with E-state index in [1.165, 1.54) is 18.8 Å². The highest BCUT2D eigenvalue weighted by Crippen LogP contribution is 2.22. The topological polar surface area (TPSA) is 109 Å². The molecule has 1 fully saturated rings. The van der Waals surface area contributed by atoms with E-state index in [1.54, 1.807) is 6.92 Å². The van der Waals surface area contributed by atoms with Crippen LogP contribution in [0, 0.1) is 11.8 Å². The second kappa shape index (κ2) is 8.20. The molecule has 0 aliphatic carbocycles. The summed E-state index contributed by atoms with van der Waals surface area (Å²) in [5.41, 5.74) is 0.435. The first-order valence-corrected chi connectivity index (χ1v) is 9.93. The van der Waals surface area contributed by atoms with Gasteiger partial charge in [0.05, 0.1) is 11.7 Å². The fourth-order valence-electron chi connectivity index (χ4n) is 3.07. The molecule has 146 valence electrons. The van der Waals surface area contributed by atoms with Gasteiger partial charge < -0.3 is 9.32 Å². The second-order valence-corrected chi connectivity index (χ2v) is 7.93. The lowest BCUT2D eigenvalue weighted by atomic mass is 9.97. The monoisotopic (exact) mass is 393 g/mol. The number of aliphatic imine (C=N–C) groups is 1. The lowest BCUT2D eigenvalue weighted by molar-refractivity contribution is -0.130. The predicted octanol–water partition coefficient (Wildman–Crippen LogP) is 1.63. The number of hydrogen-bond acceptors (Lipinski definition) is 7. The van der Waals surface area contributed by atoms with Gasteiger partial charge in [-0.2, -0.15) is 0 Å². The Morgan fingerprint density at radius 2 is 1.96 bits per heavy atom. The summed E-state index contributed by atoms with van der Waals surface area (Å²) < 4.78 is 5.56. The predicted molar refractivity (Wildman–Crippen MR) is 98.5 cm³/mol. The lowest BCUT2D eigenvalue weighted by Gasteiger charge is -2.30. The van der Waals surface area contributed by atoms with Crippen LogP contribution in [0.15, 0.2) is 14.6 Å². The van der Waals surface area contributed by atoms with Crippen LogP contribution in [0.4, 0.5) is 4.79 Å². The van der Waals surface area contributed by atoms with Crippen molar-refractivity contribution < 1.29 is 18.8 Å². The summed E-state index contributed by atoms with van der Waals surface area (Å²) in [6.45, 7) is 5.43. The van der Waals surface area contributed by atoms with Crippen molar-refractivity contribution in [2.24, 2.45) is 16.8 Å². The molecule has 0 bridgehead atoms. The van der Waals surface area contributed by atoms with Gasteiger partial charge in [-0.25, -0.2) is 9.79 Å². The van der Waals surface area contributed by atoms with Gasteiger partial charge >= 0.3 is 6.03 Å². The molecule has 10 heteroatoms. The maximum atomic E-state index is 12.3. The van der Waals surface area contributed by atoms with Gasteiger partial charge in [-0.1, -0.05) is 18.7 Å². The Morgan fingerprint density at radius 1 is 1.26 bits per heavy atom. The van der Waals surface area contributed by atoms with E-state index in [0.29, 0.717) is 16.9 Å². The van der Waals surface area contributed by atoms with Crippen LogP contribution >= 0.6 is 11.8 Å². The van der Waals surface area contributed by atoms with Crippen LogP contribution in [-0.2, 0) is 16.0 Å². The molecule has 1 unspecified atom stereocenters. The minimum atomic E-state index is -0.594. The maximum absolute atomic E-state index is 12.3. The number of imide groups is 1. The summed E-state index contributed by atoms with van der Waals surface area (Å²) in [5.74, 6) is 0.335. The number of likely N-dealkylation sites (tertiary alicyclic amines) is 1. The molecule has 0 aromatic carbocycles. The molecule has 3 heterocycles. The van der Waals surface area contributed by atoms with Crippen molar-refractivity contribution >= 4 is 35.3 Å². The van der Waals surface area contributed by atoms with Crippen LogP contribution in [0.1, 0.15) is 32.6 Å². The standard InChI is InChI=1S/C17H23N5O4S/c1-10-4-6-22(7-5-10)14(23)9-27-17-20-19-13(26-17)8-12-11(2)18-16(25)21(3)15(12)24/h10,12H,4-9H2,1-3H3. The third-order valence-corrected chi connectivity index (χ3v) is 5.78. The largest absolute Gasteiger partial charge is 0.416 e. The number of hydrogen-bond donors (Lipinski definition) is 0. The van der Waals surface area contributed by atoms with Crippen LogP contribution in [0.5, 0.6) is 0 Å². The molecule has 1 aromatic rings. The number of aromatic nitrogens is 2. The number of thioether (sulfide) groups is 1. The van der Waals surface area contributed by atoms with E-state index in [4.69, 9.17) is 4.42 Å². The first kappa shape index (κ1) is 19.5. The van der Waals surface area contributed by atoms with Crippen LogP contribution in [0.25, 0.3) is 0 Å². The highest BCUT2D eigenvalue weighted by Gasteiger charge is 2.34. The van der Waals surface area contributed by atoms with E-state index < -0.39 is 11.9 Å². The summed E-state index contributed by atoms with van der Waals surface area (Å²) in [6.07, 6.45) is 2.25. The number of rotatable bonds is 5. The number of nitrogens with zero attached hydrogens (tertiary/aromatic N) is 5. The number of urea groups is 1. The van der Waals surface area contributed by atoms with Crippen molar-refractivity contribution in [1.29, 1.82) is 0 Å². The van der Waals surface area contributed by atoms with E-state index in [2.05, 4.69) is 22.1 Å². The van der Waals surface area contributed by atoms with Crippen molar-refractivity contribution in [2.45, 2.75) is 38.3 Å². The summed E-state index contributed by atoms with van der Waals surface area (Å²) in [6, 6.07) is -0.568. The normalized spacial score (nSPS) is 21.6. The molecule has 0 radical (unpaired) electrons. The Morgan fingerprint density at radius 3 is 2.67 bits per heavy atom. The minimum Gasteiger partial charge on any atom is -0.416 e. The van der Waals surface area contributed by atoms with Crippen molar-refractivity contribution in [1.82, 2.24) is 20.0 Å². The molecule has 0 N–H and O–H groups in total. The Labute approximate surface area is 161 Å². The average Bonchev–Trinajstić information content (AvgIpc) is 3.10. The minimum absolute atomic E-state index is 0.0669. The van der Waals surface area contributed by atoms with E-state index in [0.717, 1.165) is 30.8 Å². The van der Waals surface area contributed by atoms with Gasteiger partial charge in [0.1, 0.15) is 0 Å². The molecule has 1 atom stereocenters. The summed E-state index contributed by atoms with van der Waals surface area (Å²) in [5, 5.41) is 8.19. The first-order chi connectivity index (χ1) is 12.8. The van der Waals surface area contributed by atoms with E-state index in [-0.39, 0.29) is 29.9 Å². The zero-order valence-corrected chi connectivity index (χ0v) is 16.5. The van der Waals surface area contributed by atoms with Gasteiger partial charge in [-0.15, -0.1) is 10.2 Å². The Kier molecular flexibility index (Phi) is 5.93. The van der Waals surface area contributed by atoms with E-state index in [1.807, 2.05) is 4.90 Å². The van der Waals surface area contributed by atoms with Gasteiger partial charge in [0.2, 0.25) is 17.7 Å². The van der Waals surface area contributed by atoms with Crippen LogP contribution in [-0.4, -0.2) is 69.4 Å². The molecule has 1 aromatic heterocycles. The van der Waals surface area contributed by atoms with Crippen molar-refractivity contribution in [3.63, 3.8) is 0 Å². The lowest BCUT2D eigenvalue weighted by Crippen LogP contribution is -2.44. The number of carbonyl (C=O) groups is 3. The quantitative estimate of drug-likeness (QED) is 0.699. The summed E-state index contributed by atoms with van der Waals surface area (Å²) in [4.78, 5) is 42.8. The van der Waals surface area contributed by atoms with E-state index in [9.17, 15) is 14.4 Å². The van der Waals surface area contributed by atoms with Gasteiger partial charge in [0.25, 0.3) is 5.22 Å². The molecular formula is C17H23N5O4S. The molecule has 27 heavy (non-hydrogen) atoms. The first-order valence-electron chi connectivity index (χ1n) is 8.94. The van der Waals surface area contributed by atoms with Gasteiger partial charge in [-0.05, 0) is 25.7 Å². The highest BCUT2D eigenvalue weighted by atomic mass is 32.2. The smallest absolute Gasteiger partial charge is 0.349 e. The van der Waals surface area contributed by atoms with E-state index >= 15 is 0 Å². The Bertz CT molecular complexity index is 769. The van der Waals surface area contributed by atoms with Crippen LogP contribution in [0.2, 0.25) is 0 Å². The fourth-order valence-corrected chi connectivity index (χ4v) is 3.76. The van der Waals surface area contributed by atoms with Gasteiger partial charge in [0, 0.05) is 32.3 Å². The molecule has 0 spiro atoms. The molecule has 2 aliphatic heterocycles. The fraction of sp³-hybridized carbons (Fsp3) is 0.647. The molecule has 3 rings (SSSR count). The van der Waals surface area contributed by atoms with Gasteiger partial charge in [-0.3, -0.25) is 14.5 Å². The second-order valence-electron chi connectivity index (χ2n) is 7.00. The summed E-state index contributed by atoms with van der Waals surface area (Å²) in [7, 11) is 1.40. The zero-order chi connectivity index (χ0) is 19.6. The molecule has 9 nitrogen and oxygen atoms in total. The number of carbonyl (C=O) groups excluding carboxylic acids is 3. The molecule has 0 saturated carbocycles.